The lowest BCUT2D eigenvalue weighted by atomic mass is 10.2. The van der Waals surface area contributed by atoms with Crippen molar-refractivity contribution in [3.05, 3.63) is 74.0 Å². The van der Waals surface area contributed by atoms with Gasteiger partial charge in [-0.1, -0.05) is 35.3 Å². The topological polar surface area (TPSA) is 49.8 Å². The summed E-state index contributed by atoms with van der Waals surface area (Å²) in [6.07, 6.45) is 1.67. The number of furan rings is 1. The minimum absolute atomic E-state index is 0.439. The van der Waals surface area contributed by atoms with Crippen LogP contribution in [0.3, 0.4) is 0 Å². The van der Waals surface area contributed by atoms with Crippen LogP contribution in [0.2, 0.25) is 10.0 Å². The molecule has 0 aliphatic heterocycles. The van der Waals surface area contributed by atoms with Crippen LogP contribution in [0.4, 0.5) is 0 Å². The molecule has 3 heterocycles. The van der Waals surface area contributed by atoms with Gasteiger partial charge in [-0.3, -0.25) is 0 Å². The highest BCUT2D eigenvalue weighted by Crippen LogP contribution is 2.36. The summed E-state index contributed by atoms with van der Waals surface area (Å²) in [5.41, 5.74) is 1.94. The van der Waals surface area contributed by atoms with Crippen LogP contribution in [0.25, 0.3) is 33.5 Å². The average molecular weight is 429 g/mol. The van der Waals surface area contributed by atoms with Gasteiger partial charge in [0.25, 0.3) is 0 Å². The number of aromatic nitrogens is 1. The van der Waals surface area contributed by atoms with Crippen molar-refractivity contribution in [1.82, 2.24) is 4.98 Å². The fourth-order valence-electron chi connectivity index (χ4n) is 2.52. The molecule has 132 valence electrons. The van der Waals surface area contributed by atoms with E-state index in [0.29, 0.717) is 37.7 Å². The number of nitrogens with zero attached hydrogens (tertiary/aromatic N) is 2. The van der Waals surface area contributed by atoms with E-state index >= 15 is 0 Å². The average Bonchev–Trinajstić information content (AvgIpc) is 3.40. The molecule has 27 heavy (non-hydrogen) atoms. The molecule has 0 spiro atoms. The van der Waals surface area contributed by atoms with E-state index in [0.717, 1.165) is 10.6 Å². The van der Waals surface area contributed by atoms with E-state index in [-0.39, 0.29) is 0 Å². The summed E-state index contributed by atoms with van der Waals surface area (Å²) in [6.45, 7) is 0. The molecule has 4 aromatic rings. The molecule has 0 saturated heterocycles. The van der Waals surface area contributed by atoms with Gasteiger partial charge in [0.2, 0.25) is 0 Å². The van der Waals surface area contributed by atoms with Gasteiger partial charge in [-0.05, 0) is 35.7 Å². The lowest BCUT2D eigenvalue weighted by Crippen LogP contribution is -1.81. The molecule has 0 aliphatic carbocycles. The number of halogens is 2. The number of thiophene rings is 1. The molecule has 0 unspecified atom stereocenters. The summed E-state index contributed by atoms with van der Waals surface area (Å²) in [7, 11) is 0. The third kappa shape index (κ3) is 3.71. The Morgan fingerprint density at radius 3 is 2.59 bits per heavy atom. The Labute approximate surface area is 173 Å². The van der Waals surface area contributed by atoms with Crippen molar-refractivity contribution in [3.8, 4) is 28.0 Å². The van der Waals surface area contributed by atoms with Crippen LogP contribution >= 0.6 is 45.9 Å². The van der Waals surface area contributed by atoms with Gasteiger partial charge in [-0.25, -0.2) is 4.98 Å². The summed E-state index contributed by atoms with van der Waals surface area (Å²) >= 11 is 15.5. The number of hydrogen-bond donors (Lipinski definition) is 0. The Morgan fingerprint density at radius 1 is 1.07 bits per heavy atom. The quantitative estimate of drug-likeness (QED) is 0.316. The second kappa shape index (κ2) is 7.71. The zero-order valence-electron chi connectivity index (χ0n) is 13.6. The maximum Gasteiger partial charge on any atom is 0.137 e. The van der Waals surface area contributed by atoms with Crippen molar-refractivity contribution < 1.29 is 4.42 Å². The molecule has 0 amide bonds. The Bertz CT molecular complexity index is 1150. The van der Waals surface area contributed by atoms with Crippen molar-refractivity contribution >= 4 is 57.5 Å². The highest BCUT2D eigenvalue weighted by atomic mass is 35.5. The second-order valence-electron chi connectivity index (χ2n) is 5.48. The highest BCUT2D eigenvalue weighted by Gasteiger charge is 2.14. The van der Waals surface area contributed by atoms with Crippen LogP contribution in [-0.2, 0) is 0 Å². The first kappa shape index (κ1) is 18.0. The zero-order valence-corrected chi connectivity index (χ0v) is 16.8. The molecular formula is C20H10Cl2N2OS2. The van der Waals surface area contributed by atoms with Gasteiger partial charge in [0.15, 0.2) is 0 Å². The van der Waals surface area contributed by atoms with Crippen LogP contribution in [0.1, 0.15) is 10.8 Å². The van der Waals surface area contributed by atoms with E-state index in [2.05, 4.69) is 11.1 Å². The first-order chi connectivity index (χ1) is 13.2. The van der Waals surface area contributed by atoms with Crippen molar-refractivity contribution in [1.29, 1.82) is 5.26 Å². The number of nitriles is 1. The Hall–Kier alpha value is -2.36. The first-order valence-corrected chi connectivity index (χ1v) is 10.3. The van der Waals surface area contributed by atoms with Crippen LogP contribution in [0.5, 0.6) is 0 Å². The number of thiazole rings is 1. The minimum atomic E-state index is 0.439. The molecule has 0 aliphatic rings. The molecule has 0 fully saturated rings. The normalized spacial score (nSPS) is 11.5. The van der Waals surface area contributed by atoms with E-state index in [9.17, 15) is 5.26 Å². The molecule has 7 heteroatoms. The number of hydrogen-bond acceptors (Lipinski definition) is 5. The van der Waals surface area contributed by atoms with Gasteiger partial charge in [0.05, 0.1) is 31.8 Å². The minimum Gasteiger partial charge on any atom is -0.457 e. The van der Waals surface area contributed by atoms with Gasteiger partial charge >= 0.3 is 0 Å². The molecule has 4 rings (SSSR count). The predicted octanol–water partition coefficient (Wildman–Crippen LogP) is 7.50. The third-order valence-corrected chi connectivity index (χ3v) is 6.15. The zero-order chi connectivity index (χ0) is 18.8. The monoisotopic (exact) mass is 428 g/mol. The Morgan fingerprint density at radius 2 is 1.89 bits per heavy atom. The van der Waals surface area contributed by atoms with Crippen LogP contribution < -0.4 is 0 Å². The summed E-state index contributed by atoms with van der Waals surface area (Å²) < 4.78 is 5.85. The van der Waals surface area contributed by atoms with Crippen LogP contribution in [0, 0.1) is 11.3 Å². The summed E-state index contributed by atoms with van der Waals surface area (Å²) in [5, 5.41) is 15.2. The second-order valence-corrected chi connectivity index (χ2v) is 8.10. The van der Waals surface area contributed by atoms with Gasteiger partial charge in [-0.2, -0.15) is 5.26 Å². The smallest absolute Gasteiger partial charge is 0.137 e. The van der Waals surface area contributed by atoms with Crippen LogP contribution in [-0.4, -0.2) is 4.98 Å². The van der Waals surface area contributed by atoms with E-state index in [1.54, 1.807) is 47.7 Å². The largest absolute Gasteiger partial charge is 0.457 e. The van der Waals surface area contributed by atoms with Crippen LogP contribution in [0.15, 0.2) is 57.6 Å². The van der Waals surface area contributed by atoms with Gasteiger partial charge in [0, 0.05) is 11.5 Å². The lowest BCUT2D eigenvalue weighted by molar-refractivity contribution is 0.572. The molecule has 0 bridgehead atoms. The highest BCUT2D eigenvalue weighted by molar-refractivity contribution is 7.14. The lowest BCUT2D eigenvalue weighted by Gasteiger charge is -2.02. The maximum absolute atomic E-state index is 9.56. The van der Waals surface area contributed by atoms with Crippen molar-refractivity contribution in [3.63, 3.8) is 0 Å². The maximum atomic E-state index is 9.56. The van der Waals surface area contributed by atoms with Gasteiger partial charge in [-0.15, -0.1) is 22.7 Å². The fourth-order valence-corrected chi connectivity index (χ4v) is 4.65. The molecule has 3 nitrogen and oxygen atoms in total. The van der Waals surface area contributed by atoms with E-state index < -0.39 is 0 Å². The predicted molar refractivity (Wildman–Crippen MR) is 113 cm³/mol. The van der Waals surface area contributed by atoms with Crippen molar-refractivity contribution in [2.75, 3.05) is 0 Å². The van der Waals surface area contributed by atoms with E-state index in [1.165, 1.54) is 11.3 Å². The molecule has 0 saturated carbocycles. The Kier molecular flexibility index (Phi) is 5.15. The van der Waals surface area contributed by atoms with Crippen molar-refractivity contribution in [2.24, 2.45) is 0 Å². The summed E-state index contributed by atoms with van der Waals surface area (Å²) in [4.78, 5) is 5.64. The molecule has 0 radical (unpaired) electrons. The first-order valence-electron chi connectivity index (χ1n) is 7.81. The van der Waals surface area contributed by atoms with E-state index in [1.807, 2.05) is 22.9 Å². The fraction of sp³-hybridized carbons (Fsp3) is 0. The molecule has 0 atom stereocenters. The molecule has 0 N–H and O–H groups in total. The third-order valence-electron chi connectivity index (χ3n) is 3.75. The molecule has 3 aromatic heterocycles. The van der Waals surface area contributed by atoms with Gasteiger partial charge < -0.3 is 4.42 Å². The standard InChI is InChI=1S/C20H10Cl2N2OS2/c21-14-3-1-4-15(22)19(14)17-7-6-13(25-17)9-12(10-23)20-24-16(11-27-20)18-5-2-8-26-18/h1-9,11H. The molecular weight excluding hydrogens is 419 g/mol. The molecule has 1 aromatic carbocycles. The number of benzene rings is 1. The van der Waals surface area contributed by atoms with E-state index in [4.69, 9.17) is 27.6 Å². The summed E-state index contributed by atoms with van der Waals surface area (Å²) in [6, 6.07) is 15.0. The van der Waals surface area contributed by atoms with Gasteiger partial charge in [0.1, 0.15) is 22.6 Å². The van der Waals surface area contributed by atoms with Crippen molar-refractivity contribution in [2.45, 2.75) is 0 Å². The number of allylic oxidation sites excluding steroid dienone is 1. The SMILES string of the molecule is N#CC(=Cc1ccc(-c2c(Cl)cccc2Cl)o1)c1nc(-c2cccs2)cs1. The number of rotatable bonds is 4. The Balaban J connectivity index is 1.67. The summed E-state index contributed by atoms with van der Waals surface area (Å²) in [5.74, 6) is 1.08.